The Bertz CT molecular complexity index is 931. The molecule has 0 bridgehead atoms. The summed E-state index contributed by atoms with van der Waals surface area (Å²) in [5, 5.41) is 14.3. The molecule has 1 aliphatic carbocycles. The molecule has 1 aromatic carbocycles. The van der Waals surface area contributed by atoms with Gasteiger partial charge in [-0.25, -0.2) is 0 Å². The van der Waals surface area contributed by atoms with Crippen molar-refractivity contribution < 1.29 is 19.2 Å². The number of hydrogen-bond acceptors (Lipinski definition) is 4. The second kappa shape index (κ2) is 9.25. The normalized spacial score (nSPS) is 22.0. The van der Waals surface area contributed by atoms with Gasteiger partial charge >= 0.3 is 5.97 Å². The van der Waals surface area contributed by atoms with E-state index in [4.69, 9.17) is 4.52 Å². The predicted molar refractivity (Wildman–Crippen MR) is 117 cm³/mol. The van der Waals surface area contributed by atoms with E-state index in [9.17, 15) is 14.7 Å². The van der Waals surface area contributed by atoms with E-state index in [1.807, 2.05) is 37.3 Å². The van der Waals surface area contributed by atoms with E-state index in [0.717, 1.165) is 17.5 Å². The van der Waals surface area contributed by atoms with Crippen molar-refractivity contribution in [1.82, 2.24) is 10.1 Å². The maximum absolute atomic E-state index is 12.8. The fourth-order valence-corrected chi connectivity index (χ4v) is 5.19. The molecule has 1 amide bonds. The van der Waals surface area contributed by atoms with Crippen molar-refractivity contribution in [2.24, 2.45) is 11.3 Å². The summed E-state index contributed by atoms with van der Waals surface area (Å²) < 4.78 is 5.53. The highest BCUT2D eigenvalue weighted by Crippen LogP contribution is 2.36. The van der Waals surface area contributed by atoms with Crippen LogP contribution in [0.25, 0.3) is 11.3 Å². The molecule has 0 spiro atoms. The van der Waals surface area contributed by atoms with Gasteiger partial charge in [0.25, 0.3) is 0 Å². The smallest absolute Gasteiger partial charge is 0.311 e. The molecule has 6 heteroatoms. The van der Waals surface area contributed by atoms with Crippen LogP contribution in [0, 0.1) is 18.3 Å². The Labute approximate surface area is 183 Å². The number of aliphatic carboxylic acids is 1. The largest absolute Gasteiger partial charge is 0.481 e. The lowest BCUT2D eigenvalue weighted by atomic mass is 9.76. The first-order valence-corrected chi connectivity index (χ1v) is 11.5. The standard InChI is InChI=1S/C25H32N2O4/c1-18-6-4-9-20(14-18)22-15-21(31-26-22)16-25(24(29)30)12-5-13-27(17-25)23(28)11-10-19-7-2-3-8-19/h4,6,9,14-15,19H,2-3,5,7-8,10-13,16-17H2,1H3,(H,29,30)/t25-/m1/s1. The Morgan fingerprint density at radius 3 is 2.77 bits per heavy atom. The van der Waals surface area contributed by atoms with Crippen LogP contribution >= 0.6 is 0 Å². The van der Waals surface area contributed by atoms with Crippen molar-refractivity contribution in [3.05, 3.63) is 41.7 Å². The molecule has 1 aliphatic heterocycles. The number of carboxylic acids is 1. The summed E-state index contributed by atoms with van der Waals surface area (Å²) in [5.74, 6) is 0.441. The molecular weight excluding hydrogens is 392 g/mol. The number of rotatable bonds is 7. The van der Waals surface area contributed by atoms with Gasteiger partial charge in [-0.3, -0.25) is 9.59 Å². The van der Waals surface area contributed by atoms with Gasteiger partial charge in [-0.1, -0.05) is 54.6 Å². The number of likely N-dealkylation sites (tertiary alicyclic amines) is 1. The second-order valence-corrected chi connectivity index (χ2v) is 9.42. The zero-order chi connectivity index (χ0) is 21.8. The Balaban J connectivity index is 1.44. The van der Waals surface area contributed by atoms with Gasteiger partial charge in [0, 0.05) is 37.6 Å². The Kier molecular flexibility index (Phi) is 6.44. The highest BCUT2D eigenvalue weighted by molar-refractivity contribution is 5.80. The molecule has 2 fully saturated rings. The van der Waals surface area contributed by atoms with Gasteiger partial charge in [0.2, 0.25) is 5.91 Å². The molecule has 6 nitrogen and oxygen atoms in total. The molecule has 0 radical (unpaired) electrons. The number of carbonyl (C=O) groups excluding carboxylic acids is 1. The third kappa shape index (κ3) is 5.00. The average molecular weight is 425 g/mol. The van der Waals surface area contributed by atoms with Gasteiger partial charge < -0.3 is 14.5 Å². The summed E-state index contributed by atoms with van der Waals surface area (Å²) in [6, 6.07) is 9.81. The lowest BCUT2D eigenvalue weighted by Crippen LogP contribution is -2.51. The summed E-state index contributed by atoms with van der Waals surface area (Å²) in [4.78, 5) is 26.9. The molecule has 2 aromatic rings. The second-order valence-electron chi connectivity index (χ2n) is 9.42. The van der Waals surface area contributed by atoms with Gasteiger partial charge in [-0.15, -0.1) is 0 Å². The number of amides is 1. The van der Waals surface area contributed by atoms with Crippen molar-refractivity contribution in [3.8, 4) is 11.3 Å². The van der Waals surface area contributed by atoms with Crippen LogP contribution < -0.4 is 0 Å². The van der Waals surface area contributed by atoms with E-state index in [-0.39, 0.29) is 18.9 Å². The molecule has 1 saturated carbocycles. The third-order valence-corrected chi connectivity index (χ3v) is 7.01. The fraction of sp³-hybridized carbons (Fsp3) is 0.560. The zero-order valence-electron chi connectivity index (χ0n) is 18.3. The quantitative estimate of drug-likeness (QED) is 0.686. The summed E-state index contributed by atoms with van der Waals surface area (Å²) in [7, 11) is 0. The van der Waals surface area contributed by atoms with Gasteiger partial charge in [-0.2, -0.15) is 0 Å². The highest BCUT2D eigenvalue weighted by Gasteiger charge is 2.44. The molecular formula is C25H32N2O4. The number of nitrogens with zero attached hydrogens (tertiary/aromatic N) is 2. The minimum atomic E-state index is -1.02. The molecule has 0 unspecified atom stereocenters. The van der Waals surface area contributed by atoms with Crippen molar-refractivity contribution in [2.75, 3.05) is 13.1 Å². The van der Waals surface area contributed by atoms with Crippen molar-refractivity contribution in [3.63, 3.8) is 0 Å². The van der Waals surface area contributed by atoms with E-state index >= 15 is 0 Å². The number of aryl methyl sites for hydroxylation is 1. The Hall–Kier alpha value is -2.63. The monoisotopic (exact) mass is 424 g/mol. The lowest BCUT2D eigenvalue weighted by molar-refractivity contribution is -0.155. The molecule has 1 saturated heterocycles. The number of hydrogen-bond donors (Lipinski definition) is 1. The molecule has 31 heavy (non-hydrogen) atoms. The maximum Gasteiger partial charge on any atom is 0.311 e. The molecule has 4 rings (SSSR count). The Morgan fingerprint density at radius 2 is 2.03 bits per heavy atom. The van der Waals surface area contributed by atoms with Crippen molar-refractivity contribution in [2.45, 2.75) is 64.7 Å². The summed E-state index contributed by atoms with van der Waals surface area (Å²) in [6.45, 7) is 2.90. The number of piperidine rings is 1. The van der Waals surface area contributed by atoms with Crippen LogP contribution in [-0.2, 0) is 16.0 Å². The highest BCUT2D eigenvalue weighted by atomic mass is 16.5. The lowest BCUT2D eigenvalue weighted by Gasteiger charge is -2.39. The SMILES string of the molecule is Cc1cccc(-c2cc(C[C@]3(C(=O)O)CCCN(C(=O)CCC4CCCC4)C3)on2)c1. The topological polar surface area (TPSA) is 83.6 Å². The predicted octanol–water partition coefficient (Wildman–Crippen LogP) is 4.86. The minimum Gasteiger partial charge on any atom is -0.481 e. The van der Waals surface area contributed by atoms with Crippen LogP contribution in [0.1, 0.15) is 62.7 Å². The third-order valence-electron chi connectivity index (χ3n) is 7.01. The Morgan fingerprint density at radius 1 is 1.23 bits per heavy atom. The molecule has 1 aromatic heterocycles. The van der Waals surface area contributed by atoms with Crippen LogP contribution in [-0.4, -0.2) is 40.1 Å². The van der Waals surface area contributed by atoms with E-state index in [1.165, 1.54) is 25.7 Å². The van der Waals surface area contributed by atoms with Gasteiger partial charge in [0.1, 0.15) is 11.5 Å². The molecule has 2 aliphatic rings. The van der Waals surface area contributed by atoms with E-state index in [2.05, 4.69) is 5.16 Å². The van der Waals surface area contributed by atoms with Crippen LogP contribution in [0.5, 0.6) is 0 Å². The van der Waals surface area contributed by atoms with Crippen molar-refractivity contribution in [1.29, 1.82) is 0 Å². The zero-order valence-corrected chi connectivity index (χ0v) is 18.3. The first-order chi connectivity index (χ1) is 14.9. The number of carboxylic acid groups (broad SMARTS) is 1. The molecule has 1 N–H and O–H groups in total. The van der Waals surface area contributed by atoms with E-state index < -0.39 is 11.4 Å². The van der Waals surface area contributed by atoms with Crippen LogP contribution in [0.3, 0.4) is 0 Å². The minimum absolute atomic E-state index is 0.0928. The van der Waals surface area contributed by atoms with Gasteiger partial charge in [0.15, 0.2) is 0 Å². The average Bonchev–Trinajstić information content (AvgIpc) is 3.44. The molecule has 1 atom stereocenters. The fourth-order valence-electron chi connectivity index (χ4n) is 5.19. The number of aromatic nitrogens is 1. The van der Waals surface area contributed by atoms with E-state index in [1.54, 1.807) is 4.90 Å². The number of benzene rings is 1. The van der Waals surface area contributed by atoms with Gasteiger partial charge in [0.05, 0.1) is 5.41 Å². The van der Waals surface area contributed by atoms with Crippen LogP contribution in [0.4, 0.5) is 0 Å². The summed E-state index contributed by atoms with van der Waals surface area (Å²) in [5.41, 5.74) is 1.76. The maximum atomic E-state index is 12.8. The van der Waals surface area contributed by atoms with Crippen molar-refractivity contribution >= 4 is 11.9 Å². The first kappa shape index (κ1) is 21.6. The summed E-state index contributed by atoms with van der Waals surface area (Å²) in [6.07, 6.45) is 7.92. The first-order valence-electron chi connectivity index (χ1n) is 11.5. The molecule has 166 valence electrons. The van der Waals surface area contributed by atoms with E-state index in [0.29, 0.717) is 43.2 Å². The summed E-state index contributed by atoms with van der Waals surface area (Å²) >= 11 is 0. The number of carbonyl (C=O) groups is 2. The molecule has 2 heterocycles. The van der Waals surface area contributed by atoms with Gasteiger partial charge in [-0.05, 0) is 38.2 Å². The van der Waals surface area contributed by atoms with Crippen LogP contribution in [0.15, 0.2) is 34.9 Å². The van der Waals surface area contributed by atoms with Crippen LogP contribution in [0.2, 0.25) is 0 Å².